The molecule has 0 saturated carbocycles. The van der Waals surface area contributed by atoms with Crippen LogP contribution < -0.4 is 5.32 Å². The standard InChI is InChI=1S/C24H19Cl2N3OS/c1-15(23(30)27-20-14-18(25)12-13-19(20)26)31-24-28-21(16-8-4-2-5-9-16)22(29-24)17-10-6-3-7-11-17/h2-15H,1H3,(H,27,30)(H,28,29). The molecule has 0 spiro atoms. The minimum Gasteiger partial charge on any atom is -0.332 e. The summed E-state index contributed by atoms with van der Waals surface area (Å²) >= 11 is 13.5. The van der Waals surface area contributed by atoms with Crippen molar-refractivity contribution in [1.82, 2.24) is 9.97 Å². The highest BCUT2D eigenvalue weighted by Gasteiger charge is 2.20. The molecule has 0 aliphatic rings. The number of hydrogen-bond donors (Lipinski definition) is 2. The summed E-state index contributed by atoms with van der Waals surface area (Å²) < 4.78 is 0. The molecule has 31 heavy (non-hydrogen) atoms. The fourth-order valence-corrected chi connectivity index (χ4v) is 4.22. The second-order valence-electron chi connectivity index (χ2n) is 6.87. The van der Waals surface area contributed by atoms with Crippen LogP contribution in [-0.2, 0) is 4.79 Å². The molecular formula is C24H19Cl2N3OS. The van der Waals surface area contributed by atoms with Gasteiger partial charge in [0.05, 0.1) is 27.3 Å². The number of nitrogens with one attached hydrogen (secondary N) is 2. The van der Waals surface area contributed by atoms with Crippen LogP contribution in [0.3, 0.4) is 0 Å². The van der Waals surface area contributed by atoms with Gasteiger partial charge < -0.3 is 10.3 Å². The molecule has 0 radical (unpaired) electrons. The zero-order valence-electron chi connectivity index (χ0n) is 16.6. The number of amides is 1. The molecule has 0 aliphatic heterocycles. The Labute approximate surface area is 195 Å². The molecule has 1 atom stereocenters. The van der Waals surface area contributed by atoms with E-state index in [1.807, 2.05) is 67.6 Å². The highest BCUT2D eigenvalue weighted by molar-refractivity contribution is 8.00. The van der Waals surface area contributed by atoms with Gasteiger partial charge in [-0.05, 0) is 25.1 Å². The molecule has 0 aliphatic carbocycles. The minimum absolute atomic E-state index is 0.187. The van der Waals surface area contributed by atoms with Gasteiger partial charge in [-0.25, -0.2) is 4.98 Å². The number of aromatic nitrogens is 2. The normalized spacial score (nSPS) is 11.8. The summed E-state index contributed by atoms with van der Waals surface area (Å²) in [5.74, 6) is -0.187. The number of thioether (sulfide) groups is 1. The van der Waals surface area contributed by atoms with E-state index >= 15 is 0 Å². The topological polar surface area (TPSA) is 57.8 Å². The predicted octanol–water partition coefficient (Wildman–Crippen LogP) is 7.17. The van der Waals surface area contributed by atoms with Crippen molar-refractivity contribution < 1.29 is 4.79 Å². The molecule has 0 fully saturated rings. The predicted molar refractivity (Wildman–Crippen MR) is 130 cm³/mol. The summed E-state index contributed by atoms with van der Waals surface area (Å²) in [4.78, 5) is 20.9. The van der Waals surface area contributed by atoms with Crippen LogP contribution in [0.5, 0.6) is 0 Å². The van der Waals surface area contributed by atoms with E-state index in [0.717, 1.165) is 22.5 Å². The van der Waals surface area contributed by atoms with E-state index in [0.29, 0.717) is 20.9 Å². The number of halogens is 2. The van der Waals surface area contributed by atoms with E-state index in [-0.39, 0.29) is 5.91 Å². The Kier molecular flexibility index (Phi) is 6.66. The first kappa shape index (κ1) is 21.5. The molecule has 0 bridgehead atoms. The lowest BCUT2D eigenvalue weighted by atomic mass is 10.1. The van der Waals surface area contributed by atoms with Crippen molar-refractivity contribution in [1.29, 1.82) is 0 Å². The van der Waals surface area contributed by atoms with Crippen LogP contribution in [0.2, 0.25) is 10.0 Å². The maximum Gasteiger partial charge on any atom is 0.237 e. The summed E-state index contributed by atoms with van der Waals surface area (Å²) in [6.45, 7) is 1.82. The van der Waals surface area contributed by atoms with E-state index in [4.69, 9.17) is 28.2 Å². The highest BCUT2D eigenvalue weighted by Crippen LogP contribution is 2.34. The van der Waals surface area contributed by atoms with Gasteiger partial charge in [-0.1, -0.05) is 95.6 Å². The van der Waals surface area contributed by atoms with E-state index in [2.05, 4.69) is 10.3 Å². The number of carbonyl (C=O) groups excluding carboxylic acids is 1. The molecular weight excluding hydrogens is 449 g/mol. The van der Waals surface area contributed by atoms with Crippen LogP contribution in [0, 0.1) is 0 Å². The molecule has 4 nitrogen and oxygen atoms in total. The molecule has 1 aromatic heterocycles. The van der Waals surface area contributed by atoms with Crippen molar-refractivity contribution in [3.63, 3.8) is 0 Å². The number of H-pyrrole nitrogens is 1. The van der Waals surface area contributed by atoms with Gasteiger partial charge in [-0.15, -0.1) is 0 Å². The van der Waals surface area contributed by atoms with Gasteiger partial charge in [0, 0.05) is 16.1 Å². The summed E-state index contributed by atoms with van der Waals surface area (Å²) in [5.41, 5.74) is 4.29. The fourth-order valence-electron chi connectivity index (χ4n) is 3.07. The van der Waals surface area contributed by atoms with Crippen molar-refractivity contribution in [2.24, 2.45) is 0 Å². The number of hydrogen-bond acceptors (Lipinski definition) is 3. The smallest absolute Gasteiger partial charge is 0.237 e. The SMILES string of the molecule is CC(Sc1nc(-c2ccccc2)c(-c2ccccc2)[nH]1)C(=O)Nc1cc(Cl)ccc1Cl. The van der Waals surface area contributed by atoms with E-state index in [9.17, 15) is 4.79 Å². The highest BCUT2D eigenvalue weighted by atomic mass is 35.5. The molecule has 4 aromatic rings. The number of imidazole rings is 1. The molecule has 1 unspecified atom stereocenters. The van der Waals surface area contributed by atoms with Crippen molar-refractivity contribution in [3.8, 4) is 22.5 Å². The minimum atomic E-state index is -0.409. The van der Waals surface area contributed by atoms with E-state index in [1.165, 1.54) is 11.8 Å². The van der Waals surface area contributed by atoms with Crippen LogP contribution in [-0.4, -0.2) is 21.1 Å². The van der Waals surface area contributed by atoms with Gasteiger partial charge in [0.25, 0.3) is 0 Å². The lowest BCUT2D eigenvalue weighted by Gasteiger charge is -2.12. The van der Waals surface area contributed by atoms with Gasteiger partial charge in [-0.3, -0.25) is 4.79 Å². The van der Waals surface area contributed by atoms with Crippen molar-refractivity contribution in [2.45, 2.75) is 17.3 Å². The van der Waals surface area contributed by atoms with Gasteiger partial charge >= 0.3 is 0 Å². The molecule has 1 amide bonds. The van der Waals surface area contributed by atoms with Crippen LogP contribution in [0.1, 0.15) is 6.92 Å². The Morgan fingerprint density at radius 3 is 2.29 bits per heavy atom. The van der Waals surface area contributed by atoms with Crippen molar-refractivity contribution >= 4 is 46.6 Å². The first-order valence-corrected chi connectivity index (χ1v) is 11.3. The average molecular weight is 468 g/mol. The summed E-state index contributed by atoms with van der Waals surface area (Å²) in [6, 6.07) is 25.0. The third-order valence-electron chi connectivity index (χ3n) is 4.64. The number of carbonyl (C=O) groups is 1. The third-order valence-corrected chi connectivity index (χ3v) is 6.18. The van der Waals surface area contributed by atoms with Crippen LogP contribution >= 0.6 is 35.0 Å². The molecule has 1 heterocycles. The van der Waals surface area contributed by atoms with Crippen molar-refractivity contribution in [2.75, 3.05) is 5.32 Å². The Morgan fingerprint density at radius 1 is 0.968 bits per heavy atom. The Hall–Kier alpha value is -2.73. The largest absolute Gasteiger partial charge is 0.332 e. The zero-order valence-corrected chi connectivity index (χ0v) is 18.9. The lowest BCUT2D eigenvalue weighted by molar-refractivity contribution is -0.115. The maximum atomic E-state index is 12.7. The van der Waals surface area contributed by atoms with Crippen LogP contribution in [0.15, 0.2) is 84.0 Å². The van der Waals surface area contributed by atoms with Crippen LogP contribution in [0.25, 0.3) is 22.5 Å². The van der Waals surface area contributed by atoms with Gasteiger partial charge in [0.2, 0.25) is 5.91 Å². The quantitative estimate of drug-likeness (QED) is 0.295. The number of rotatable bonds is 6. The Bertz CT molecular complexity index is 1140. The molecule has 3 aromatic carbocycles. The van der Waals surface area contributed by atoms with E-state index < -0.39 is 5.25 Å². The van der Waals surface area contributed by atoms with Gasteiger partial charge in [0.15, 0.2) is 5.16 Å². The fraction of sp³-hybridized carbons (Fsp3) is 0.0833. The average Bonchev–Trinajstić information content (AvgIpc) is 3.21. The number of anilines is 1. The summed E-state index contributed by atoms with van der Waals surface area (Å²) in [7, 11) is 0. The van der Waals surface area contributed by atoms with Crippen LogP contribution in [0.4, 0.5) is 5.69 Å². The summed E-state index contributed by atoms with van der Waals surface area (Å²) in [5, 5.41) is 4.03. The first-order chi connectivity index (χ1) is 15.0. The number of nitrogens with zero attached hydrogens (tertiary/aromatic N) is 1. The van der Waals surface area contributed by atoms with Crippen molar-refractivity contribution in [3.05, 3.63) is 88.9 Å². The first-order valence-electron chi connectivity index (χ1n) is 9.64. The van der Waals surface area contributed by atoms with E-state index in [1.54, 1.807) is 18.2 Å². The molecule has 7 heteroatoms. The Morgan fingerprint density at radius 2 is 1.61 bits per heavy atom. The maximum absolute atomic E-state index is 12.7. The number of aromatic amines is 1. The third kappa shape index (κ3) is 5.13. The molecule has 0 saturated heterocycles. The van der Waals surface area contributed by atoms with Gasteiger partial charge in [-0.2, -0.15) is 0 Å². The number of benzene rings is 3. The monoisotopic (exact) mass is 467 g/mol. The second kappa shape index (κ2) is 9.60. The second-order valence-corrected chi connectivity index (χ2v) is 9.04. The summed E-state index contributed by atoms with van der Waals surface area (Å²) in [6.07, 6.45) is 0. The molecule has 156 valence electrons. The molecule has 2 N–H and O–H groups in total. The van der Waals surface area contributed by atoms with Gasteiger partial charge in [0.1, 0.15) is 0 Å². The zero-order chi connectivity index (χ0) is 21.8. The Balaban J connectivity index is 1.59. The molecule has 4 rings (SSSR count). The lowest BCUT2D eigenvalue weighted by Crippen LogP contribution is -2.22.